The van der Waals surface area contributed by atoms with E-state index in [1.807, 2.05) is 30.3 Å². The fraction of sp³-hybridized carbons (Fsp3) is 0.188. The van der Waals surface area contributed by atoms with Crippen LogP contribution >= 0.6 is 0 Å². The molecule has 8 nitrogen and oxygen atoms in total. The molecular formula is C16H18N5O3. The van der Waals surface area contributed by atoms with Crippen molar-refractivity contribution >= 4 is 23.5 Å². The number of primary amides is 1. The number of carbonyl (C=O) groups is 2. The average molecular weight is 328 g/mol. The smallest absolute Gasteiger partial charge is 0.267 e. The van der Waals surface area contributed by atoms with Crippen molar-refractivity contribution in [2.45, 2.75) is 0 Å². The van der Waals surface area contributed by atoms with Crippen molar-refractivity contribution in [3.8, 4) is 0 Å². The molecule has 0 saturated heterocycles. The molecule has 2 amide bonds. The van der Waals surface area contributed by atoms with E-state index >= 15 is 0 Å². The van der Waals surface area contributed by atoms with Crippen molar-refractivity contribution in [2.75, 3.05) is 24.6 Å². The van der Waals surface area contributed by atoms with Gasteiger partial charge in [-0.2, -0.15) is 0 Å². The van der Waals surface area contributed by atoms with Crippen LogP contribution in [0.1, 0.15) is 10.5 Å². The molecule has 4 N–H and O–H groups in total. The van der Waals surface area contributed by atoms with Crippen molar-refractivity contribution in [3.05, 3.63) is 54.7 Å². The van der Waals surface area contributed by atoms with Crippen LogP contribution in [0.5, 0.6) is 0 Å². The van der Waals surface area contributed by atoms with Crippen molar-refractivity contribution in [2.24, 2.45) is 5.73 Å². The van der Waals surface area contributed by atoms with Crippen LogP contribution < -0.4 is 16.0 Å². The summed E-state index contributed by atoms with van der Waals surface area (Å²) < 4.78 is 0. The summed E-state index contributed by atoms with van der Waals surface area (Å²) >= 11 is 0. The predicted molar refractivity (Wildman–Crippen MR) is 88.4 cm³/mol. The summed E-state index contributed by atoms with van der Waals surface area (Å²) in [4.78, 5) is 33.0. The van der Waals surface area contributed by atoms with Crippen LogP contribution in [0.3, 0.4) is 0 Å². The van der Waals surface area contributed by atoms with Crippen molar-refractivity contribution in [1.82, 2.24) is 15.3 Å². The fourth-order valence-electron chi connectivity index (χ4n) is 1.95. The maximum atomic E-state index is 11.7. The number of nitrogens with one attached hydrogen (secondary N) is 1. The number of aliphatic hydroxyl groups is 1. The van der Waals surface area contributed by atoms with E-state index in [1.54, 1.807) is 4.90 Å². The van der Waals surface area contributed by atoms with Gasteiger partial charge in [-0.25, -0.2) is 9.97 Å². The molecule has 125 valence electrons. The minimum atomic E-state index is -0.656. The molecule has 1 aromatic carbocycles. The zero-order valence-corrected chi connectivity index (χ0v) is 12.9. The van der Waals surface area contributed by atoms with E-state index in [1.165, 1.54) is 18.7 Å². The first kappa shape index (κ1) is 17.4. The molecule has 1 heterocycles. The number of anilines is 2. The van der Waals surface area contributed by atoms with Gasteiger partial charge >= 0.3 is 0 Å². The van der Waals surface area contributed by atoms with Gasteiger partial charge in [0.1, 0.15) is 5.69 Å². The summed E-state index contributed by atoms with van der Waals surface area (Å²) in [6, 6.07) is 10.6. The number of carbonyl (C=O) groups excluding carboxylic acids is 2. The third-order valence-corrected chi connectivity index (χ3v) is 3.07. The van der Waals surface area contributed by atoms with Crippen molar-refractivity contribution < 1.29 is 14.7 Å². The Balaban J connectivity index is 2.22. The number of benzene rings is 1. The van der Waals surface area contributed by atoms with Crippen LogP contribution in [-0.2, 0) is 4.79 Å². The Hall–Kier alpha value is -3.00. The van der Waals surface area contributed by atoms with Gasteiger partial charge in [-0.1, -0.05) is 18.2 Å². The van der Waals surface area contributed by atoms with Gasteiger partial charge in [-0.15, -0.1) is 0 Å². The molecule has 1 radical (unpaired) electrons. The maximum Gasteiger partial charge on any atom is 0.267 e. The molecule has 2 aromatic rings. The maximum absolute atomic E-state index is 11.7. The van der Waals surface area contributed by atoms with Gasteiger partial charge in [0, 0.05) is 25.0 Å². The first-order valence-electron chi connectivity index (χ1n) is 7.29. The molecule has 0 aliphatic heterocycles. The van der Waals surface area contributed by atoms with Crippen LogP contribution in [0.2, 0.25) is 0 Å². The van der Waals surface area contributed by atoms with Gasteiger partial charge in [-0.3, -0.25) is 9.59 Å². The molecule has 2 rings (SSSR count). The lowest BCUT2D eigenvalue weighted by Gasteiger charge is -2.22. The number of aliphatic hydroxyl groups excluding tert-OH is 1. The molecular weight excluding hydrogens is 310 g/mol. The van der Waals surface area contributed by atoms with Crippen LogP contribution in [0, 0.1) is 6.42 Å². The number of hydrogen-bond acceptors (Lipinski definition) is 6. The third kappa shape index (κ3) is 4.75. The molecule has 0 fully saturated rings. The predicted octanol–water partition coefficient (Wildman–Crippen LogP) is 0.0264. The zero-order valence-electron chi connectivity index (χ0n) is 12.9. The minimum absolute atomic E-state index is 0.0886. The van der Waals surface area contributed by atoms with E-state index in [0.29, 0.717) is 0 Å². The highest BCUT2D eigenvalue weighted by Gasteiger charge is 2.15. The van der Waals surface area contributed by atoms with Crippen LogP contribution in [0.15, 0.2) is 42.6 Å². The second-order valence-corrected chi connectivity index (χ2v) is 4.77. The standard InChI is InChI=1S/C16H18N5O3/c17-15(24)13-6-8-19-16(20-13)21(12-4-2-1-3-5-12)10-7-14(23)18-9-11-22/h1-8,22H,9-11H2,(H2,17,24)(H,18,23). The Morgan fingerprint density at radius 2 is 2.00 bits per heavy atom. The second-order valence-electron chi connectivity index (χ2n) is 4.77. The normalized spacial score (nSPS) is 10.2. The van der Waals surface area contributed by atoms with E-state index in [9.17, 15) is 9.59 Å². The number of amides is 2. The molecule has 0 aliphatic carbocycles. The number of rotatable bonds is 8. The summed E-state index contributed by atoms with van der Waals surface area (Å²) in [5, 5.41) is 11.3. The van der Waals surface area contributed by atoms with E-state index < -0.39 is 5.91 Å². The number of aromatic nitrogens is 2. The van der Waals surface area contributed by atoms with Crippen LogP contribution in [-0.4, -0.2) is 46.6 Å². The number of nitrogens with zero attached hydrogens (tertiary/aromatic N) is 3. The van der Waals surface area contributed by atoms with Gasteiger partial charge in [0.25, 0.3) is 5.91 Å². The summed E-state index contributed by atoms with van der Waals surface area (Å²) in [5.41, 5.74) is 6.10. The first-order valence-corrected chi connectivity index (χ1v) is 7.29. The molecule has 0 unspecified atom stereocenters. The lowest BCUT2D eigenvalue weighted by molar-refractivity contribution is -0.118. The number of hydrogen-bond donors (Lipinski definition) is 3. The fourth-order valence-corrected chi connectivity index (χ4v) is 1.95. The van der Waals surface area contributed by atoms with E-state index in [2.05, 4.69) is 15.3 Å². The van der Waals surface area contributed by atoms with Crippen molar-refractivity contribution in [1.29, 1.82) is 0 Å². The molecule has 0 saturated carbocycles. The molecule has 0 spiro atoms. The van der Waals surface area contributed by atoms with E-state index in [0.717, 1.165) is 5.69 Å². The summed E-state index contributed by atoms with van der Waals surface area (Å²) in [7, 11) is 0. The molecule has 0 atom stereocenters. The Bertz CT molecular complexity index is 693. The highest BCUT2D eigenvalue weighted by Crippen LogP contribution is 2.21. The quantitative estimate of drug-likeness (QED) is 0.628. The largest absolute Gasteiger partial charge is 0.395 e. The Morgan fingerprint density at radius 1 is 1.25 bits per heavy atom. The lowest BCUT2D eigenvalue weighted by Crippen LogP contribution is -2.31. The minimum Gasteiger partial charge on any atom is -0.395 e. The Kier molecular flexibility index (Phi) is 6.21. The van der Waals surface area contributed by atoms with Gasteiger partial charge in [-0.05, 0) is 18.2 Å². The Morgan fingerprint density at radius 3 is 2.67 bits per heavy atom. The monoisotopic (exact) mass is 328 g/mol. The number of para-hydroxylation sites is 1. The van der Waals surface area contributed by atoms with Gasteiger partial charge in [0.15, 0.2) is 0 Å². The van der Waals surface area contributed by atoms with Crippen molar-refractivity contribution in [3.63, 3.8) is 0 Å². The van der Waals surface area contributed by atoms with Gasteiger partial charge < -0.3 is 21.1 Å². The third-order valence-electron chi connectivity index (χ3n) is 3.07. The molecule has 0 bridgehead atoms. The highest BCUT2D eigenvalue weighted by molar-refractivity contribution is 5.91. The lowest BCUT2D eigenvalue weighted by atomic mass is 10.2. The van der Waals surface area contributed by atoms with E-state index in [4.69, 9.17) is 10.8 Å². The average Bonchev–Trinajstić information content (AvgIpc) is 2.61. The molecule has 24 heavy (non-hydrogen) atoms. The first-order chi connectivity index (χ1) is 11.6. The van der Waals surface area contributed by atoms with E-state index in [-0.39, 0.29) is 37.2 Å². The second kappa shape index (κ2) is 8.59. The van der Waals surface area contributed by atoms with Gasteiger partial charge in [0.2, 0.25) is 11.9 Å². The zero-order chi connectivity index (χ0) is 17.4. The molecule has 8 heteroatoms. The van der Waals surface area contributed by atoms with Gasteiger partial charge in [0.05, 0.1) is 13.0 Å². The molecule has 1 aromatic heterocycles. The highest BCUT2D eigenvalue weighted by atomic mass is 16.3. The summed E-state index contributed by atoms with van der Waals surface area (Å²) in [5.74, 6) is -0.726. The topological polar surface area (TPSA) is 121 Å². The Labute approximate surface area is 139 Å². The summed E-state index contributed by atoms with van der Waals surface area (Å²) in [6.07, 6.45) is 2.84. The van der Waals surface area contributed by atoms with Crippen LogP contribution in [0.4, 0.5) is 11.6 Å². The molecule has 0 aliphatic rings. The number of nitrogens with two attached hydrogens (primary N) is 1. The van der Waals surface area contributed by atoms with Crippen LogP contribution in [0.25, 0.3) is 0 Å². The SMILES string of the molecule is NC(=O)c1ccnc(N(C[CH]C(=O)NCCO)c2ccccc2)n1. The summed E-state index contributed by atoms with van der Waals surface area (Å²) in [6.45, 7) is 0.226.